The number of anilines is 3. The summed E-state index contributed by atoms with van der Waals surface area (Å²) in [5.41, 5.74) is 16.1. The van der Waals surface area contributed by atoms with Gasteiger partial charge in [-0.2, -0.15) is 15.3 Å². The lowest BCUT2D eigenvalue weighted by molar-refractivity contribution is -0.0433. The van der Waals surface area contributed by atoms with Gasteiger partial charge in [0, 0.05) is 173 Å². The van der Waals surface area contributed by atoms with Crippen LogP contribution in [0.4, 0.5) is 39.0 Å². The smallest absolute Gasteiger partial charge is 0.272 e. The number of piperazine rings is 1. The molecule has 0 spiro atoms. The van der Waals surface area contributed by atoms with Crippen LogP contribution < -0.4 is 14.7 Å². The molecule has 2 aromatic carbocycles. The number of para-hydroxylation sites is 1. The van der Waals surface area contributed by atoms with Crippen LogP contribution in [0.25, 0.3) is 83.2 Å². The van der Waals surface area contributed by atoms with Gasteiger partial charge in [0.2, 0.25) is 0 Å². The number of hydrogen-bond acceptors (Lipinski definition) is 19. The van der Waals surface area contributed by atoms with Crippen molar-refractivity contribution in [3.63, 3.8) is 0 Å². The number of halogens is 5. The molecular weight excluding hydrogens is 1340 g/mol. The van der Waals surface area contributed by atoms with Crippen molar-refractivity contribution in [3.05, 3.63) is 158 Å². The zero-order valence-corrected chi connectivity index (χ0v) is 60.2. The molecule has 0 bridgehead atoms. The Morgan fingerprint density at radius 1 is 0.381 bits per heavy atom. The summed E-state index contributed by atoms with van der Waals surface area (Å²) in [6, 6.07) is 22.3. The average Bonchev–Trinajstić information content (AvgIpc) is 1.68. The lowest BCUT2D eigenvalue weighted by Crippen LogP contribution is -2.52. The van der Waals surface area contributed by atoms with Gasteiger partial charge in [0.15, 0.2) is 16.9 Å². The quantitative estimate of drug-likeness (QED) is 0.125. The highest BCUT2D eigenvalue weighted by atomic mass is 19.3. The van der Waals surface area contributed by atoms with Crippen molar-refractivity contribution in [3.8, 4) is 33.4 Å². The van der Waals surface area contributed by atoms with Crippen LogP contribution in [0.1, 0.15) is 49.8 Å². The van der Waals surface area contributed by atoms with Crippen LogP contribution in [0.15, 0.2) is 141 Å². The molecule has 27 heteroatoms. The summed E-state index contributed by atoms with van der Waals surface area (Å²) in [6.45, 7) is 15.9. The Kier molecular flexibility index (Phi) is 19.6. The largest absolute Gasteiger partial charge is 0.369 e. The Hall–Kier alpha value is -9.51. The van der Waals surface area contributed by atoms with Gasteiger partial charge in [-0.3, -0.25) is 44.4 Å². The number of benzene rings is 2. The highest BCUT2D eigenvalue weighted by molar-refractivity contribution is 5.99. The number of nitrogens with zero attached hydrogens (tertiary/aromatic N) is 22. The third-order valence-electron chi connectivity index (χ3n) is 22.2. The van der Waals surface area contributed by atoms with Crippen LogP contribution in [0.5, 0.6) is 0 Å². The van der Waals surface area contributed by atoms with E-state index < -0.39 is 11.8 Å². The van der Waals surface area contributed by atoms with Gasteiger partial charge in [0.1, 0.15) is 5.82 Å². The van der Waals surface area contributed by atoms with Crippen LogP contribution in [0, 0.1) is 19.7 Å². The number of fused-ring (bicyclic) bond motifs is 6. The number of likely N-dealkylation sites (N-methyl/N-ethyl adjacent to an activating group) is 3. The topological polar surface area (TPSA) is 171 Å². The molecule has 16 heterocycles. The van der Waals surface area contributed by atoms with Crippen LogP contribution >= 0.6 is 0 Å². The summed E-state index contributed by atoms with van der Waals surface area (Å²) >= 11 is 0. The monoisotopic (exact) mass is 1430 g/mol. The first-order valence-corrected chi connectivity index (χ1v) is 36.8. The van der Waals surface area contributed by atoms with Gasteiger partial charge in [-0.05, 0) is 133 Å². The van der Waals surface area contributed by atoms with E-state index in [1.165, 1.54) is 45.1 Å². The number of rotatable bonds is 9. The number of alkyl halides is 4. The lowest BCUT2D eigenvalue weighted by atomic mass is 10.0. The summed E-state index contributed by atoms with van der Waals surface area (Å²) in [6.07, 6.45) is 28.5. The van der Waals surface area contributed by atoms with Crippen molar-refractivity contribution in [2.45, 2.75) is 82.3 Å². The highest BCUT2D eigenvalue weighted by Crippen LogP contribution is 2.37. The molecule has 105 heavy (non-hydrogen) atoms. The number of hydrogen-bond donors (Lipinski definition) is 0. The first kappa shape index (κ1) is 69.8. The maximum absolute atomic E-state index is 14.3. The summed E-state index contributed by atoms with van der Waals surface area (Å²) < 4.78 is 76.9. The minimum absolute atomic E-state index is 0.144. The molecule has 0 amide bonds. The second-order valence-corrected chi connectivity index (χ2v) is 29.6. The summed E-state index contributed by atoms with van der Waals surface area (Å²) in [4.78, 5) is 51.9. The molecule has 6 fully saturated rings. The lowest BCUT2D eigenvalue weighted by Gasteiger charge is -2.42. The molecule has 0 radical (unpaired) electrons. The molecule has 18 rings (SSSR count). The maximum Gasteiger partial charge on any atom is 0.272 e. The van der Waals surface area contributed by atoms with Gasteiger partial charge in [-0.1, -0.05) is 18.2 Å². The molecule has 0 unspecified atom stereocenters. The van der Waals surface area contributed by atoms with E-state index in [1.807, 2.05) is 124 Å². The van der Waals surface area contributed by atoms with Gasteiger partial charge in [-0.25, -0.2) is 50.5 Å². The highest BCUT2D eigenvalue weighted by Gasteiger charge is 2.41. The van der Waals surface area contributed by atoms with E-state index >= 15 is 0 Å². The molecule has 0 aliphatic carbocycles. The van der Waals surface area contributed by atoms with Gasteiger partial charge >= 0.3 is 0 Å². The maximum atomic E-state index is 14.3. The molecule has 546 valence electrons. The number of piperidine rings is 3. The van der Waals surface area contributed by atoms with E-state index in [2.05, 4.69) is 85.1 Å². The van der Waals surface area contributed by atoms with Crippen molar-refractivity contribution < 1.29 is 22.0 Å². The van der Waals surface area contributed by atoms with E-state index in [4.69, 9.17) is 15.0 Å². The van der Waals surface area contributed by atoms with Gasteiger partial charge in [0.25, 0.3) is 11.8 Å². The Morgan fingerprint density at radius 3 is 1.36 bits per heavy atom. The zero-order chi connectivity index (χ0) is 72.1. The van der Waals surface area contributed by atoms with E-state index in [0.717, 1.165) is 160 Å². The van der Waals surface area contributed by atoms with Crippen molar-refractivity contribution >= 4 is 66.8 Å². The Morgan fingerprint density at radius 2 is 0.829 bits per heavy atom. The second-order valence-electron chi connectivity index (χ2n) is 29.6. The first-order chi connectivity index (χ1) is 50.9. The van der Waals surface area contributed by atoms with Crippen molar-refractivity contribution in [2.24, 2.45) is 0 Å². The van der Waals surface area contributed by atoms with Crippen LogP contribution in [0.2, 0.25) is 0 Å². The van der Waals surface area contributed by atoms with Crippen LogP contribution in [-0.2, 0) is 0 Å². The van der Waals surface area contributed by atoms with Crippen LogP contribution in [0.3, 0.4) is 0 Å². The molecule has 12 aromatic rings. The van der Waals surface area contributed by atoms with Crippen LogP contribution in [-0.4, -0.2) is 262 Å². The number of aromatic nitrogens is 13. The molecule has 6 aliphatic heterocycles. The summed E-state index contributed by atoms with van der Waals surface area (Å²) in [7, 11) is 5.77. The van der Waals surface area contributed by atoms with E-state index in [1.54, 1.807) is 53.9 Å². The minimum Gasteiger partial charge on any atom is -0.369 e. The molecule has 6 aliphatic rings. The SMILES string of the molecule is CN1CCN(C2CCN(c3cnc4c(-c5ccnc6cccnc56)cnn4c3)CC2)CC1.Cc1cc(-c2cnn3cc(N4CCC(N5CCN(C)CC(F)(F)C5)CC4)cnc23)c2ccccc2n1.Cc1cc2c(-c3cnn4cc(N5CCC(N6CCN(C)CC(F)(F)C6)CC5)cnc34)ccnc2cc1F. The summed E-state index contributed by atoms with van der Waals surface area (Å²) in [5, 5.41) is 15.7. The normalized spacial score (nSPS) is 19.9. The van der Waals surface area contributed by atoms with Crippen molar-refractivity contribution in [1.82, 2.24) is 93.1 Å². The Balaban J connectivity index is 0.000000121. The predicted molar refractivity (Wildman–Crippen MR) is 401 cm³/mol. The van der Waals surface area contributed by atoms with Crippen molar-refractivity contribution in [1.29, 1.82) is 0 Å². The molecule has 0 saturated carbocycles. The van der Waals surface area contributed by atoms with Gasteiger partial charge < -0.3 is 19.6 Å². The predicted octanol–water partition coefficient (Wildman–Crippen LogP) is 10.9. The number of aryl methyl sites for hydroxylation is 2. The molecule has 22 nitrogen and oxygen atoms in total. The zero-order valence-electron chi connectivity index (χ0n) is 60.2. The van der Waals surface area contributed by atoms with E-state index in [-0.39, 0.29) is 44.1 Å². The van der Waals surface area contributed by atoms with E-state index in [0.29, 0.717) is 48.9 Å². The average molecular weight is 1430 g/mol. The number of pyridine rings is 4. The molecule has 6 saturated heterocycles. The second kappa shape index (κ2) is 29.4. The Labute approximate surface area is 606 Å². The van der Waals surface area contributed by atoms with Gasteiger partial charge in [0.05, 0.1) is 121 Å². The molecule has 10 aromatic heterocycles. The van der Waals surface area contributed by atoms with E-state index in [9.17, 15) is 22.0 Å². The fourth-order valence-corrected chi connectivity index (χ4v) is 16.6. The first-order valence-electron chi connectivity index (χ1n) is 36.8. The third kappa shape index (κ3) is 15.0. The molecular formula is C78H89F5N22. The standard InChI is InChI=1S/C27H30F3N7.C27H31F2N7.C24H28N8/c1-18-11-22-21(3-6-31-25(22)12-24(18)28)23-14-33-37-15-20(13-32-26(23)37)35-7-4-19(5-8-35)36-10-9-34(2)16-27(29,30)17-36;1-19-13-23(22-5-3-4-6-25(22)32-19)24-15-31-36-16-21(14-30-26(24)36)34-9-7-20(8-10-34)35-12-11-33(2)17-27(28,29)18-35;1-29-11-13-31(14-12-29)18-5-9-30(10-6-18)19-15-27-24-21(16-28-32(24)17-19)20-4-8-25-22-3-2-7-26-23(20)22/h3,6,11-15,19H,4-5,7-10,16-17H2,1-2H3;3-6,13-16,20H,7-12,17-18H2,1-2H3;2-4,7-8,15-18H,5-6,9-14H2,1H3. The fourth-order valence-electron chi connectivity index (χ4n) is 16.6. The summed E-state index contributed by atoms with van der Waals surface area (Å²) in [5.74, 6) is -5.61. The Bertz CT molecular complexity index is 5070. The minimum atomic E-state index is -2.68. The fraction of sp³-hybridized carbons (Fsp3) is 0.436. The van der Waals surface area contributed by atoms with Gasteiger partial charge in [-0.15, -0.1) is 0 Å². The molecule has 0 atom stereocenters. The molecule has 0 N–H and O–H groups in total. The third-order valence-corrected chi connectivity index (χ3v) is 22.2. The van der Waals surface area contributed by atoms with Crippen molar-refractivity contribution in [2.75, 3.05) is 154 Å².